The van der Waals surface area contributed by atoms with Gasteiger partial charge >= 0.3 is 0 Å². The highest BCUT2D eigenvalue weighted by molar-refractivity contribution is 7.14. The second-order valence-corrected chi connectivity index (χ2v) is 11.0. The number of allylic oxidation sites excluding steroid dienone is 4. The second-order valence-electron chi connectivity index (χ2n) is 9.69. The van der Waals surface area contributed by atoms with Crippen molar-refractivity contribution >= 4 is 34.0 Å². The molecule has 0 aliphatic heterocycles. The minimum absolute atomic E-state index is 0.0623. The number of thiazole rings is 1. The summed E-state index contributed by atoms with van der Waals surface area (Å²) in [5, 5.41) is 6.46. The Kier molecular flexibility index (Phi) is 4.86. The first-order valence-electron chi connectivity index (χ1n) is 11.5. The van der Waals surface area contributed by atoms with Gasteiger partial charge in [-0.05, 0) is 54.5 Å². The van der Waals surface area contributed by atoms with Gasteiger partial charge in [-0.25, -0.2) is 4.98 Å². The summed E-state index contributed by atoms with van der Waals surface area (Å²) in [6, 6.07) is 16.4. The summed E-state index contributed by atoms with van der Waals surface area (Å²) in [7, 11) is 0. The summed E-state index contributed by atoms with van der Waals surface area (Å²) in [5.74, 6) is 0.884. The number of rotatable bonds is 3. The van der Waals surface area contributed by atoms with Gasteiger partial charge in [0, 0.05) is 27.8 Å². The van der Waals surface area contributed by atoms with E-state index in [1.54, 1.807) is 0 Å². The highest BCUT2D eigenvalue weighted by Gasteiger charge is 2.55. The van der Waals surface area contributed by atoms with Gasteiger partial charge in [-0.15, -0.1) is 11.3 Å². The fourth-order valence-electron chi connectivity index (χ4n) is 6.13. The van der Waals surface area contributed by atoms with Gasteiger partial charge in [-0.1, -0.05) is 72.6 Å². The van der Waals surface area contributed by atoms with E-state index in [-0.39, 0.29) is 17.7 Å². The molecule has 7 rings (SSSR count). The lowest BCUT2D eigenvalue weighted by atomic mass is 9.50. The molecule has 2 bridgehead atoms. The quantitative estimate of drug-likeness (QED) is 0.426. The van der Waals surface area contributed by atoms with Crippen molar-refractivity contribution in [2.45, 2.75) is 38.5 Å². The van der Waals surface area contributed by atoms with Crippen LogP contribution in [0.25, 0.3) is 11.3 Å². The molecule has 0 spiro atoms. The van der Waals surface area contributed by atoms with E-state index in [1.807, 2.05) is 29.6 Å². The fourth-order valence-corrected chi connectivity index (χ4v) is 7.03. The lowest BCUT2D eigenvalue weighted by Crippen LogP contribution is -2.48. The monoisotopic (exact) mass is 472 g/mol. The number of anilines is 1. The first-order valence-corrected chi connectivity index (χ1v) is 12.7. The Hall–Kier alpha value is -2.69. The Bertz CT molecular complexity index is 1340. The Morgan fingerprint density at radius 2 is 2.00 bits per heavy atom. The molecule has 0 radical (unpaired) electrons. The third-order valence-corrected chi connectivity index (χ3v) is 8.64. The molecule has 166 valence electrons. The highest BCUT2D eigenvalue weighted by atomic mass is 35.5. The van der Waals surface area contributed by atoms with Gasteiger partial charge in [-0.2, -0.15) is 0 Å². The van der Waals surface area contributed by atoms with E-state index in [9.17, 15) is 4.79 Å². The van der Waals surface area contributed by atoms with Gasteiger partial charge in [0.25, 0.3) is 0 Å². The lowest BCUT2D eigenvalue weighted by molar-refractivity contribution is -0.127. The molecule has 1 N–H and O–H groups in total. The summed E-state index contributed by atoms with van der Waals surface area (Å²) >= 11 is 7.61. The molecular formula is C28H25ClN2OS. The Balaban J connectivity index is 1.35. The molecular weight excluding hydrogens is 448 g/mol. The molecule has 1 heterocycles. The molecule has 2 aromatic carbocycles. The Morgan fingerprint density at radius 1 is 1.18 bits per heavy atom. The second kappa shape index (κ2) is 7.68. The summed E-state index contributed by atoms with van der Waals surface area (Å²) in [6.07, 6.45) is 6.48. The number of nitrogens with one attached hydrogen (secondary N) is 1. The molecule has 4 aliphatic rings. The van der Waals surface area contributed by atoms with E-state index in [0.29, 0.717) is 16.1 Å². The number of amides is 1. The van der Waals surface area contributed by atoms with Crippen molar-refractivity contribution in [1.29, 1.82) is 0 Å². The van der Waals surface area contributed by atoms with Crippen molar-refractivity contribution in [3.05, 3.63) is 93.4 Å². The zero-order valence-corrected chi connectivity index (χ0v) is 20.2. The van der Waals surface area contributed by atoms with Gasteiger partial charge in [0.05, 0.1) is 11.1 Å². The molecule has 0 saturated heterocycles. The summed E-state index contributed by atoms with van der Waals surface area (Å²) in [5.41, 5.74) is 6.89. The molecule has 4 unspecified atom stereocenters. The fraction of sp³-hybridized carbons (Fsp3) is 0.286. The van der Waals surface area contributed by atoms with Crippen LogP contribution in [0, 0.1) is 11.3 Å². The van der Waals surface area contributed by atoms with Crippen molar-refractivity contribution in [2.24, 2.45) is 11.3 Å². The number of benzene rings is 2. The molecule has 1 aromatic heterocycles. The van der Waals surface area contributed by atoms with Crippen molar-refractivity contribution in [2.75, 3.05) is 5.32 Å². The number of fused-ring (bicyclic) bond motifs is 1. The van der Waals surface area contributed by atoms with Gasteiger partial charge in [0.2, 0.25) is 5.91 Å². The van der Waals surface area contributed by atoms with Crippen LogP contribution >= 0.6 is 22.9 Å². The molecule has 0 fully saturated rings. The van der Waals surface area contributed by atoms with Gasteiger partial charge < -0.3 is 5.32 Å². The number of aromatic nitrogens is 1. The predicted molar refractivity (Wildman–Crippen MR) is 136 cm³/mol. The van der Waals surface area contributed by atoms with E-state index in [2.05, 4.69) is 55.6 Å². The number of hydrogen-bond acceptors (Lipinski definition) is 3. The van der Waals surface area contributed by atoms with Crippen LogP contribution in [0.4, 0.5) is 5.13 Å². The minimum atomic E-state index is -0.515. The summed E-state index contributed by atoms with van der Waals surface area (Å²) in [4.78, 5) is 18.6. The smallest absolute Gasteiger partial charge is 0.233 e. The number of carbonyl (C=O) groups is 1. The molecule has 0 saturated carbocycles. The number of halogens is 1. The average molecular weight is 473 g/mol. The highest BCUT2D eigenvalue weighted by Crippen LogP contribution is 2.63. The van der Waals surface area contributed by atoms with Crippen LogP contribution in [0.5, 0.6) is 0 Å². The maximum atomic E-state index is 13.9. The topological polar surface area (TPSA) is 42.0 Å². The van der Waals surface area contributed by atoms with Crippen LogP contribution < -0.4 is 5.32 Å². The van der Waals surface area contributed by atoms with Crippen molar-refractivity contribution in [1.82, 2.24) is 4.98 Å². The normalized spacial score (nSPS) is 27.3. The zero-order chi connectivity index (χ0) is 22.7. The maximum absolute atomic E-state index is 13.9. The minimum Gasteiger partial charge on any atom is -0.301 e. The SMILES string of the molecule is CC1CC=CC2=C1C1c3ccccc3C2CC1(C)C(=O)Nc1nc(-c2cccc(Cl)c2)cs1. The summed E-state index contributed by atoms with van der Waals surface area (Å²) < 4.78 is 0. The van der Waals surface area contributed by atoms with Crippen molar-refractivity contribution in [3.8, 4) is 11.3 Å². The first kappa shape index (κ1) is 20.9. The molecule has 33 heavy (non-hydrogen) atoms. The molecule has 5 heteroatoms. The standard InChI is InChI=1S/C28H25ClN2OS/c1-16-7-5-12-20-22-14-28(2,25(24(16)20)21-11-4-3-10-19(21)22)26(32)31-27-30-23(15-33-27)17-8-6-9-18(29)13-17/h3-6,8-13,15-16,22,25H,7,14H2,1-2H3,(H,30,31,32). The molecule has 4 aliphatic carbocycles. The maximum Gasteiger partial charge on any atom is 0.233 e. The van der Waals surface area contributed by atoms with Crippen LogP contribution in [0.15, 0.2) is 77.2 Å². The predicted octanol–water partition coefficient (Wildman–Crippen LogP) is 7.59. The number of carbonyl (C=O) groups excluding carboxylic acids is 1. The van der Waals surface area contributed by atoms with Crippen molar-refractivity contribution < 1.29 is 4.79 Å². The lowest BCUT2D eigenvalue weighted by Gasteiger charge is -2.53. The molecule has 3 nitrogen and oxygen atoms in total. The summed E-state index contributed by atoms with van der Waals surface area (Å²) in [6.45, 7) is 4.45. The molecule has 1 amide bonds. The Labute approximate surface area is 203 Å². The Morgan fingerprint density at radius 3 is 2.82 bits per heavy atom. The van der Waals surface area contributed by atoms with Gasteiger partial charge in [0.1, 0.15) is 0 Å². The van der Waals surface area contributed by atoms with E-state index in [1.165, 1.54) is 33.6 Å². The molecule has 3 aromatic rings. The van der Waals surface area contributed by atoms with Crippen LogP contribution in [0.2, 0.25) is 5.02 Å². The van der Waals surface area contributed by atoms with E-state index in [0.717, 1.165) is 24.1 Å². The number of hydrogen-bond donors (Lipinski definition) is 1. The zero-order valence-electron chi connectivity index (χ0n) is 18.6. The van der Waals surface area contributed by atoms with Gasteiger partial charge in [0.15, 0.2) is 5.13 Å². The van der Waals surface area contributed by atoms with E-state index >= 15 is 0 Å². The van der Waals surface area contributed by atoms with Gasteiger partial charge in [-0.3, -0.25) is 4.79 Å². The average Bonchev–Trinajstić information content (AvgIpc) is 3.28. The third-order valence-electron chi connectivity index (χ3n) is 7.65. The molecule has 4 atom stereocenters. The first-order chi connectivity index (χ1) is 16.0. The van der Waals surface area contributed by atoms with E-state index in [4.69, 9.17) is 16.6 Å². The van der Waals surface area contributed by atoms with Crippen molar-refractivity contribution in [3.63, 3.8) is 0 Å². The van der Waals surface area contributed by atoms with Crippen LogP contribution in [-0.2, 0) is 4.79 Å². The van der Waals surface area contributed by atoms with Crippen LogP contribution in [0.1, 0.15) is 49.7 Å². The number of nitrogens with zero attached hydrogens (tertiary/aromatic N) is 1. The third kappa shape index (κ3) is 3.23. The van der Waals surface area contributed by atoms with E-state index < -0.39 is 5.41 Å². The van der Waals surface area contributed by atoms with Crippen LogP contribution in [0.3, 0.4) is 0 Å². The largest absolute Gasteiger partial charge is 0.301 e. The van der Waals surface area contributed by atoms with Crippen LogP contribution in [-0.4, -0.2) is 10.9 Å².